The van der Waals surface area contributed by atoms with Crippen LogP contribution in [0.4, 0.5) is 10.1 Å². The van der Waals surface area contributed by atoms with Crippen LogP contribution in [0.3, 0.4) is 0 Å². The van der Waals surface area contributed by atoms with Gasteiger partial charge in [0, 0.05) is 17.5 Å². The van der Waals surface area contributed by atoms with Gasteiger partial charge in [0.05, 0.1) is 4.47 Å². The van der Waals surface area contributed by atoms with Crippen LogP contribution >= 0.6 is 15.9 Å². The molecular formula is C17H17BrFNO. The number of ketones is 1. The third kappa shape index (κ3) is 3.32. The van der Waals surface area contributed by atoms with E-state index in [0.717, 1.165) is 5.56 Å². The Morgan fingerprint density at radius 3 is 2.43 bits per heavy atom. The zero-order valence-electron chi connectivity index (χ0n) is 12.0. The van der Waals surface area contributed by atoms with Crippen molar-refractivity contribution >= 4 is 27.4 Å². The fourth-order valence-electron chi connectivity index (χ4n) is 2.14. The highest BCUT2D eigenvalue weighted by atomic mass is 79.9. The Bertz CT molecular complexity index is 665. The normalized spacial score (nSPS) is 11.4. The van der Waals surface area contributed by atoms with Gasteiger partial charge in [-0.25, -0.2) is 4.39 Å². The van der Waals surface area contributed by atoms with E-state index in [9.17, 15) is 9.18 Å². The van der Waals surface area contributed by atoms with E-state index in [1.54, 1.807) is 24.3 Å². The van der Waals surface area contributed by atoms with Gasteiger partial charge in [0.1, 0.15) is 11.6 Å². The van der Waals surface area contributed by atoms with Crippen molar-refractivity contribution in [3.8, 4) is 0 Å². The molecule has 0 aliphatic rings. The van der Waals surface area contributed by atoms with Crippen molar-refractivity contribution in [1.82, 2.24) is 0 Å². The molecule has 2 aromatic carbocycles. The largest absolute Gasteiger partial charge is 0.399 e. The molecule has 0 spiro atoms. The second-order valence-electron chi connectivity index (χ2n) is 5.56. The molecule has 2 N–H and O–H groups in total. The molecule has 0 saturated carbocycles. The zero-order valence-corrected chi connectivity index (χ0v) is 13.6. The summed E-state index contributed by atoms with van der Waals surface area (Å²) in [6.45, 7) is 3.74. The Morgan fingerprint density at radius 2 is 1.81 bits per heavy atom. The van der Waals surface area contributed by atoms with E-state index in [-0.39, 0.29) is 18.0 Å². The minimum Gasteiger partial charge on any atom is -0.399 e. The van der Waals surface area contributed by atoms with E-state index in [1.165, 1.54) is 6.07 Å². The van der Waals surface area contributed by atoms with Crippen molar-refractivity contribution in [2.45, 2.75) is 25.7 Å². The summed E-state index contributed by atoms with van der Waals surface area (Å²) >= 11 is 3.20. The number of hydrogen-bond donors (Lipinski definition) is 1. The molecule has 0 aliphatic heterocycles. The molecule has 0 aliphatic carbocycles. The summed E-state index contributed by atoms with van der Waals surface area (Å²) in [5.74, 6) is -0.329. The van der Waals surface area contributed by atoms with Crippen molar-refractivity contribution < 1.29 is 9.18 Å². The van der Waals surface area contributed by atoms with Gasteiger partial charge >= 0.3 is 0 Å². The number of nitrogens with two attached hydrogens (primary N) is 1. The number of nitrogen functional groups attached to an aromatic ring is 1. The first-order valence-electron chi connectivity index (χ1n) is 6.64. The zero-order chi connectivity index (χ0) is 15.6. The number of anilines is 1. The summed E-state index contributed by atoms with van der Waals surface area (Å²) in [5, 5.41) is 0. The predicted molar refractivity (Wildman–Crippen MR) is 86.7 cm³/mol. The first-order valence-corrected chi connectivity index (χ1v) is 7.44. The van der Waals surface area contributed by atoms with Crippen LogP contribution in [-0.4, -0.2) is 5.78 Å². The van der Waals surface area contributed by atoms with Crippen LogP contribution < -0.4 is 5.73 Å². The quantitative estimate of drug-likeness (QED) is 0.838. The average molecular weight is 350 g/mol. The van der Waals surface area contributed by atoms with Gasteiger partial charge in [-0.15, -0.1) is 0 Å². The van der Waals surface area contributed by atoms with Gasteiger partial charge in [0.25, 0.3) is 0 Å². The lowest BCUT2D eigenvalue weighted by Crippen LogP contribution is -2.30. The maximum Gasteiger partial charge on any atom is 0.147 e. The summed E-state index contributed by atoms with van der Waals surface area (Å²) in [5.41, 5.74) is 7.24. The molecule has 0 fully saturated rings. The van der Waals surface area contributed by atoms with Crippen molar-refractivity contribution in [2.24, 2.45) is 0 Å². The molecule has 21 heavy (non-hydrogen) atoms. The minimum absolute atomic E-state index is 0.0265. The second-order valence-corrected chi connectivity index (χ2v) is 6.35. The van der Waals surface area contributed by atoms with Crippen LogP contribution in [0.5, 0.6) is 0 Å². The maximum absolute atomic E-state index is 13.5. The topological polar surface area (TPSA) is 43.1 Å². The predicted octanol–water partition coefficient (Wildman–Crippen LogP) is 4.26. The smallest absolute Gasteiger partial charge is 0.147 e. The third-order valence-electron chi connectivity index (χ3n) is 3.71. The van der Waals surface area contributed by atoms with Gasteiger partial charge in [-0.05, 0) is 59.1 Å². The second kappa shape index (κ2) is 5.98. The number of carbonyl (C=O) groups is 1. The van der Waals surface area contributed by atoms with E-state index in [4.69, 9.17) is 5.73 Å². The Labute approximate surface area is 132 Å². The number of rotatable bonds is 4. The summed E-state index contributed by atoms with van der Waals surface area (Å²) < 4.78 is 13.9. The minimum atomic E-state index is -0.653. The molecule has 0 amide bonds. The van der Waals surface area contributed by atoms with Crippen molar-refractivity contribution in [2.75, 3.05) is 5.73 Å². The highest BCUT2D eigenvalue weighted by Crippen LogP contribution is 2.29. The molecule has 0 bridgehead atoms. The van der Waals surface area contributed by atoms with Crippen LogP contribution in [-0.2, 0) is 16.6 Å². The first-order chi connectivity index (χ1) is 9.82. The lowest BCUT2D eigenvalue weighted by atomic mass is 9.78. The van der Waals surface area contributed by atoms with Gasteiger partial charge in [0.15, 0.2) is 0 Å². The molecule has 0 saturated heterocycles. The van der Waals surface area contributed by atoms with Crippen molar-refractivity contribution in [3.63, 3.8) is 0 Å². The monoisotopic (exact) mass is 349 g/mol. The summed E-state index contributed by atoms with van der Waals surface area (Å²) in [4.78, 5) is 12.6. The van der Waals surface area contributed by atoms with Crippen LogP contribution in [0, 0.1) is 5.82 Å². The molecule has 0 atom stereocenters. The number of benzene rings is 2. The van der Waals surface area contributed by atoms with E-state index in [1.807, 2.05) is 26.0 Å². The van der Waals surface area contributed by atoms with Crippen LogP contribution in [0.25, 0.3) is 0 Å². The van der Waals surface area contributed by atoms with E-state index < -0.39 is 5.41 Å². The molecule has 0 aromatic heterocycles. The van der Waals surface area contributed by atoms with Gasteiger partial charge in [-0.3, -0.25) is 4.79 Å². The molecule has 0 unspecified atom stereocenters. The highest BCUT2D eigenvalue weighted by Gasteiger charge is 2.29. The summed E-state index contributed by atoms with van der Waals surface area (Å²) in [6, 6.07) is 12.0. The SMILES string of the molecule is CC(C)(C(=O)Cc1cccc(F)c1Br)c1ccc(N)cc1. The molecule has 2 rings (SSSR count). The fraction of sp³-hybridized carbons (Fsp3) is 0.235. The standard InChI is InChI=1S/C17H17BrFNO/c1-17(2,12-6-8-13(20)9-7-12)15(21)10-11-4-3-5-14(19)16(11)18/h3-9H,10,20H2,1-2H3. The van der Waals surface area contributed by atoms with Gasteiger partial charge < -0.3 is 5.73 Å². The fourth-order valence-corrected chi connectivity index (χ4v) is 2.54. The Balaban J connectivity index is 2.26. The first kappa shape index (κ1) is 15.7. The Morgan fingerprint density at radius 1 is 1.19 bits per heavy atom. The van der Waals surface area contributed by atoms with Crippen molar-refractivity contribution in [3.05, 3.63) is 63.9 Å². The van der Waals surface area contributed by atoms with Crippen LogP contribution in [0.15, 0.2) is 46.9 Å². The Kier molecular flexibility index (Phi) is 4.47. The maximum atomic E-state index is 13.5. The molecule has 110 valence electrons. The highest BCUT2D eigenvalue weighted by molar-refractivity contribution is 9.10. The van der Waals surface area contributed by atoms with E-state index in [0.29, 0.717) is 15.7 Å². The average Bonchev–Trinajstić information content (AvgIpc) is 2.44. The summed E-state index contributed by atoms with van der Waals surface area (Å²) in [6.07, 6.45) is 0.176. The molecular weight excluding hydrogens is 333 g/mol. The van der Waals surface area contributed by atoms with Crippen LogP contribution in [0.2, 0.25) is 0 Å². The number of halogens is 2. The number of hydrogen-bond acceptors (Lipinski definition) is 2. The van der Waals surface area contributed by atoms with E-state index in [2.05, 4.69) is 15.9 Å². The van der Waals surface area contributed by atoms with E-state index >= 15 is 0 Å². The molecule has 2 aromatic rings. The van der Waals surface area contributed by atoms with Gasteiger partial charge in [0.2, 0.25) is 0 Å². The van der Waals surface area contributed by atoms with Gasteiger partial charge in [-0.2, -0.15) is 0 Å². The third-order valence-corrected chi connectivity index (χ3v) is 4.60. The summed E-state index contributed by atoms with van der Waals surface area (Å²) in [7, 11) is 0. The van der Waals surface area contributed by atoms with Crippen LogP contribution in [0.1, 0.15) is 25.0 Å². The van der Waals surface area contributed by atoms with Gasteiger partial charge in [-0.1, -0.05) is 24.3 Å². The molecule has 4 heteroatoms. The Hall–Kier alpha value is -1.68. The lowest BCUT2D eigenvalue weighted by molar-refractivity contribution is -0.122. The molecule has 2 nitrogen and oxygen atoms in total. The number of Topliss-reactive ketones (excluding diaryl/α,β-unsaturated/α-hetero) is 1. The number of carbonyl (C=O) groups excluding carboxylic acids is 1. The molecule has 0 heterocycles. The molecule has 0 radical (unpaired) electrons. The lowest BCUT2D eigenvalue weighted by Gasteiger charge is -2.24. The van der Waals surface area contributed by atoms with Crippen molar-refractivity contribution in [1.29, 1.82) is 0 Å².